The minimum absolute atomic E-state index is 0.485. The summed E-state index contributed by atoms with van der Waals surface area (Å²) in [5.41, 5.74) is 9.10. The van der Waals surface area contributed by atoms with Crippen LogP contribution < -0.4 is 9.47 Å². The zero-order valence-corrected chi connectivity index (χ0v) is 21.8. The van der Waals surface area contributed by atoms with E-state index in [1.54, 1.807) is 18.2 Å². The number of ether oxygens (including phenoxy) is 2. The molecular weight excluding hydrogens is 456 g/mol. The molecule has 4 heteroatoms. The van der Waals surface area contributed by atoms with Gasteiger partial charge in [0, 0.05) is 23.9 Å². The van der Waals surface area contributed by atoms with Crippen LogP contribution in [0.5, 0.6) is 11.5 Å². The Labute approximate surface area is 220 Å². The first kappa shape index (κ1) is 24.0. The number of piperidine rings is 1. The Bertz CT molecular complexity index is 1320. The van der Waals surface area contributed by atoms with Crippen molar-refractivity contribution in [3.63, 3.8) is 0 Å². The van der Waals surface area contributed by atoms with Crippen molar-refractivity contribution in [3.05, 3.63) is 101 Å². The maximum absolute atomic E-state index is 6.13. The summed E-state index contributed by atoms with van der Waals surface area (Å²) < 4.78 is 11.7. The normalized spacial score (nSPS) is 19.1. The highest BCUT2D eigenvalue weighted by Crippen LogP contribution is 2.39. The SMILES string of the molecule is COc1ccc2c(c1)C(=CCCN1CCC(C3=CCCCc4ccccc43)CC1)c1cccnc1CO2. The molecule has 1 aromatic heterocycles. The highest BCUT2D eigenvalue weighted by atomic mass is 16.5. The molecule has 3 aromatic rings. The first-order valence-corrected chi connectivity index (χ1v) is 13.8. The van der Waals surface area contributed by atoms with E-state index in [1.165, 1.54) is 56.3 Å². The van der Waals surface area contributed by atoms with Gasteiger partial charge in [-0.3, -0.25) is 4.98 Å². The molecule has 0 bridgehead atoms. The van der Waals surface area contributed by atoms with Crippen LogP contribution in [-0.4, -0.2) is 36.6 Å². The second-order valence-electron chi connectivity index (χ2n) is 10.4. The summed E-state index contributed by atoms with van der Waals surface area (Å²) in [6, 6.07) is 19.3. The number of hydrogen-bond donors (Lipinski definition) is 0. The van der Waals surface area contributed by atoms with Gasteiger partial charge in [0.05, 0.1) is 12.8 Å². The van der Waals surface area contributed by atoms with Crippen molar-refractivity contribution in [2.45, 2.75) is 45.1 Å². The van der Waals surface area contributed by atoms with Crippen LogP contribution in [0.2, 0.25) is 0 Å². The molecule has 0 N–H and O–H groups in total. The fraction of sp³-hybridized carbons (Fsp3) is 0.364. The number of aryl methyl sites for hydroxylation is 1. The van der Waals surface area contributed by atoms with Crippen LogP contribution in [0, 0.1) is 5.92 Å². The summed E-state index contributed by atoms with van der Waals surface area (Å²) in [4.78, 5) is 7.26. The second kappa shape index (κ2) is 10.9. The number of methoxy groups -OCH3 is 1. The number of nitrogens with zero attached hydrogens (tertiary/aromatic N) is 2. The third-order valence-corrected chi connectivity index (χ3v) is 8.19. The van der Waals surface area contributed by atoms with Crippen molar-refractivity contribution >= 4 is 11.1 Å². The molecule has 6 rings (SSSR count). The molecule has 190 valence electrons. The Kier molecular flexibility index (Phi) is 7.09. The van der Waals surface area contributed by atoms with E-state index in [0.717, 1.165) is 41.3 Å². The monoisotopic (exact) mass is 492 g/mol. The van der Waals surface area contributed by atoms with Gasteiger partial charge in [-0.2, -0.15) is 0 Å². The zero-order chi connectivity index (χ0) is 25.0. The summed E-state index contributed by atoms with van der Waals surface area (Å²) >= 11 is 0. The Morgan fingerprint density at radius 2 is 1.89 bits per heavy atom. The van der Waals surface area contributed by atoms with E-state index in [9.17, 15) is 0 Å². The van der Waals surface area contributed by atoms with Crippen LogP contribution in [0.4, 0.5) is 0 Å². The van der Waals surface area contributed by atoms with Crippen LogP contribution in [-0.2, 0) is 13.0 Å². The van der Waals surface area contributed by atoms with Crippen LogP contribution in [0.3, 0.4) is 0 Å². The summed E-state index contributed by atoms with van der Waals surface area (Å²) in [6.07, 6.45) is 14.0. The molecule has 0 radical (unpaired) electrons. The van der Waals surface area contributed by atoms with Crippen molar-refractivity contribution in [3.8, 4) is 11.5 Å². The van der Waals surface area contributed by atoms with Gasteiger partial charge < -0.3 is 14.4 Å². The van der Waals surface area contributed by atoms with E-state index in [1.807, 2.05) is 24.4 Å². The molecule has 2 aromatic carbocycles. The predicted octanol–water partition coefficient (Wildman–Crippen LogP) is 6.94. The number of allylic oxidation sites excluding steroid dienone is 2. The maximum atomic E-state index is 6.13. The average molecular weight is 493 g/mol. The highest BCUT2D eigenvalue weighted by molar-refractivity contribution is 5.85. The Morgan fingerprint density at radius 1 is 1.03 bits per heavy atom. The van der Waals surface area contributed by atoms with Gasteiger partial charge in [0.2, 0.25) is 0 Å². The van der Waals surface area contributed by atoms with E-state index in [0.29, 0.717) is 12.5 Å². The summed E-state index contributed by atoms with van der Waals surface area (Å²) in [5.74, 6) is 2.42. The minimum Gasteiger partial charge on any atom is -0.497 e. The van der Waals surface area contributed by atoms with Crippen LogP contribution in [0.1, 0.15) is 60.1 Å². The van der Waals surface area contributed by atoms with E-state index in [-0.39, 0.29) is 0 Å². The quantitative estimate of drug-likeness (QED) is 0.387. The summed E-state index contributed by atoms with van der Waals surface area (Å²) in [7, 11) is 1.71. The topological polar surface area (TPSA) is 34.6 Å². The first-order valence-electron chi connectivity index (χ1n) is 13.8. The lowest BCUT2D eigenvalue weighted by Gasteiger charge is -2.33. The maximum Gasteiger partial charge on any atom is 0.131 e. The number of benzene rings is 2. The molecule has 0 unspecified atom stereocenters. The van der Waals surface area contributed by atoms with Gasteiger partial charge in [-0.05, 0) is 104 Å². The Morgan fingerprint density at radius 3 is 2.78 bits per heavy atom. The molecule has 1 aliphatic carbocycles. The lowest BCUT2D eigenvalue weighted by Crippen LogP contribution is -2.34. The lowest BCUT2D eigenvalue weighted by atomic mass is 9.83. The molecule has 0 atom stereocenters. The van der Waals surface area contributed by atoms with Gasteiger partial charge in [-0.1, -0.05) is 42.5 Å². The van der Waals surface area contributed by atoms with Gasteiger partial charge >= 0.3 is 0 Å². The molecule has 37 heavy (non-hydrogen) atoms. The smallest absolute Gasteiger partial charge is 0.131 e. The average Bonchev–Trinajstić information content (AvgIpc) is 3.26. The third kappa shape index (κ3) is 5.08. The molecule has 3 heterocycles. The number of aromatic nitrogens is 1. The minimum atomic E-state index is 0.485. The summed E-state index contributed by atoms with van der Waals surface area (Å²) in [5, 5.41) is 0. The third-order valence-electron chi connectivity index (χ3n) is 8.19. The van der Waals surface area contributed by atoms with E-state index >= 15 is 0 Å². The van der Waals surface area contributed by atoms with Crippen LogP contribution >= 0.6 is 0 Å². The molecule has 1 fully saturated rings. The van der Waals surface area contributed by atoms with Crippen LogP contribution in [0.15, 0.2) is 72.9 Å². The Balaban J connectivity index is 1.16. The molecule has 0 spiro atoms. The molecule has 3 aliphatic rings. The lowest BCUT2D eigenvalue weighted by molar-refractivity contribution is 0.210. The Hall–Kier alpha value is -3.37. The number of fused-ring (bicyclic) bond motifs is 3. The number of rotatable bonds is 5. The van der Waals surface area contributed by atoms with E-state index in [2.05, 4.69) is 58.4 Å². The van der Waals surface area contributed by atoms with Gasteiger partial charge in [0.15, 0.2) is 0 Å². The van der Waals surface area contributed by atoms with Crippen molar-refractivity contribution in [2.24, 2.45) is 5.92 Å². The highest BCUT2D eigenvalue weighted by Gasteiger charge is 2.25. The number of hydrogen-bond acceptors (Lipinski definition) is 4. The number of pyridine rings is 1. The summed E-state index contributed by atoms with van der Waals surface area (Å²) in [6.45, 7) is 3.89. The van der Waals surface area contributed by atoms with Crippen molar-refractivity contribution in [1.82, 2.24) is 9.88 Å². The standard InChI is InChI=1S/C33H36N2O2/c1-36-26-14-15-33-31(22-26)29(30-12-6-18-34-32(30)23-37-33)13-7-19-35-20-16-25(17-21-35)28-11-5-3-9-24-8-2-4-10-27(24)28/h2,4,6,8,10-15,18,22,25H,3,5,7,9,16-17,19-21,23H2,1H3. The predicted molar refractivity (Wildman–Crippen MR) is 150 cm³/mol. The second-order valence-corrected chi connectivity index (χ2v) is 10.4. The van der Waals surface area contributed by atoms with Gasteiger partial charge in [0.25, 0.3) is 0 Å². The van der Waals surface area contributed by atoms with Crippen LogP contribution in [0.25, 0.3) is 11.1 Å². The van der Waals surface area contributed by atoms with E-state index in [4.69, 9.17) is 9.47 Å². The molecule has 0 saturated carbocycles. The largest absolute Gasteiger partial charge is 0.497 e. The van der Waals surface area contributed by atoms with Gasteiger partial charge in [-0.15, -0.1) is 0 Å². The molecular formula is C33H36N2O2. The van der Waals surface area contributed by atoms with Crippen molar-refractivity contribution in [1.29, 1.82) is 0 Å². The van der Waals surface area contributed by atoms with Gasteiger partial charge in [0.1, 0.15) is 18.1 Å². The number of likely N-dealkylation sites (tertiary alicyclic amines) is 1. The van der Waals surface area contributed by atoms with Gasteiger partial charge in [-0.25, -0.2) is 0 Å². The molecule has 2 aliphatic heterocycles. The molecule has 4 nitrogen and oxygen atoms in total. The molecule has 1 saturated heterocycles. The van der Waals surface area contributed by atoms with Crippen molar-refractivity contribution < 1.29 is 9.47 Å². The fourth-order valence-electron chi connectivity index (χ4n) is 6.21. The first-order chi connectivity index (χ1) is 18.3. The van der Waals surface area contributed by atoms with E-state index < -0.39 is 0 Å². The fourth-order valence-corrected chi connectivity index (χ4v) is 6.21. The molecule has 0 amide bonds. The van der Waals surface area contributed by atoms with Crippen molar-refractivity contribution in [2.75, 3.05) is 26.7 Å². The zero-order valence-electron chi connectivity index (χ0n) is 21.8.